The molecule has 0 unspecified atom stereocenters. The van der Waals surface area contributed by atoms with Gasteiger partial charge in [-0.15, -0.1) is 0 Å². The minimum Gasteiger partial charge on any atom is -1.00 e. The number of rotatable bonds is 4. The number of nitrogens with one attached hydrogen (secondary N) is 2. The van der Waals surface area contributed by atoms with Gasteiger partial charge in [0.1, 0.15) is 0 Å². The first kappa shape index (κ1) is 27.3. The SMILES string of the molecule is C=CC(=O)N[N+](C)(C)C.C=CC(=O)N[N+](C)(C)C.[Cl-].[Cl-]. The fraction of sp³-hybridized carbons (Fsp3) is 0.500. The molecule has 120 valence electrons. The number of amides is 2. The average molecular weight is 329 g/mol. The molecule has 2 N–H and O–H groups in total. The average Bonchev–Trinajstić information content (AvgIpc) is 2.13. The van der Waals surface area contributed by atoms with Crippen molar-refractivity contribution in [3.8, 4) is 0 Å². The molecule has 0 aliphatic rings. The van der Waals surface area contributed by atoms with Crippen LogP contribution in [0.15, 0.2) is 25.3 Å². The predicted octanol–water partition coefficient (Wildman–Crippen LogP) is -6.17. The van der Waals surface area contributed by atoms with Gasteiger partial charge in [-0.05, 0) is 0 Å². The molecular weight excluding hydrogens is 303 g/mol. The van der Waals surface area contributed by atoms with E-state index in [0.29, 0.717) is 9.18 Å². The molecule has 0 radical (unpaired) electrons. The van der Waals surface area contributed by atoms with Gasteiger partial charge in [0.2, 0.25) is 0 Å². The monoisotopic (exact) mass is 328 g/mol. The summed E-state index contributed by atoms with van der Waals surface area (Å²) in [5.74, 6) is -0.301. The zero-order valence-electron chi connectivity index (χ0n) is 13.0. The summed E-state index contributed by atoms with van der Waals surface area (Å²) in [6, 6.07) is 0. The molecule has 0 spiro atoms. The van der Waals surface area contributed by atoms with E-state index < -0.39 is 0 Å². The molecule has 6 nitrogen and oxygen atoms in total. The maximum atomic E-state index is 10.6. The van der Waals surface area contributed by atoms with Gasteiger partial charge >= 0.3 is 0 Å². The van der Waals surface area contributed by atoms with E-state index in [4.69, 9.17) is 0 Å². The van der Waals surface area contributed by atoms with E-state index in [2.05, 4.69) is 24.0 Å². The molecule has 20 heavy (non-hydrogen) atoms. The zero-order chi connectivity index (χ0) is 15.0. The first-order valence-corrected chi connectivity index (χ1v) is 5.43. The molecule has 0 aromatic rings. The molecule has 0 bridgehead atoms. The summed E-state index contributed by atoms with van der Waals surface area (Å²) in [7, 11) is 11.2. The van der Waals surface area contributed by atoms with Gasteiger partial charge in [0, 0.05) is 12.2 Å². The third-order valence-electron chi connectivity index (χ3n) is 1.26. The summed E-state index contributed by atoms with van der Waals surface area (Å²) < 4.78 is 0.843. The minimum absolute atomic E-state index is 0. The van der Waals surface area contributed by atoms with E-state index >= 15 is 0 Å². The highest BCUT2D eigenvalue weighted by Gasteiger charge is 2.08. The van der Waals surface area contributed by atoms with Crippen molar-refractivity contribution in [2.45, 2.75) is 0 Å². The van der Waals surface area contributed by atoms with Crippen molar-refractivity contribution in [3.05, 3.63) is 25.3 Å². The van der Waals surface area contributed by atoms with E-state index in [1.165, 1.54) is 12.2 Å². The Balaban J connectivity index is -0.000000116. The minimum atomic E-state index is -0.150. The second-order valence-electron chi connectivity index (χ2n) is 5.39. The molecule has 0 aromatic carbocycles. The highest BCUT2D eigenvalue weighted by atomic mass is 35.5. The standard InChI is InChI=1S/2C6H12N2O.2ClH/c2*1-5-6(9)7-8(2,3)4;;/h2*5H,1H2,2-4H3;2*1H. The lowest BCUT2D eigenvalue weighted by Crippen LogP contribution is -3.00. The molecule has 2 amide bonds. The summed E-state index contributed by atoms with van der Waals surface area (Å²) in [5.41, 5.74) is 5.30. The third-order valence-corrected chi connectivity index (χ3v) is 1.26. The molecule has 0 atom stereocenters. The Hall–Kier alpha value is -1.08. The van der Waals surface area contributed by atoms with Gasteiger partial charge in [0.05, 0.1) is 42.3 Å². The largest absolute Gasteiger partial charge is 1.00 e. The van der Waals surface area contributed by atoms with Crippen LogP contribution in [0.2, 0.25) is 0 Å². The lowest BCUT2D eigenvalue weighted by Gasteiger charge is -2.22. The Morgan fingerprint density at radius 1 is 0.750 bits per heavy atom. The number of nitrogens with zero attached hydrogens (tertiary/aromatic N) is 2. The van der Waals surface area contributed by atoms with Crippen molar-refractivity contribution in [2.75, 3.05) is 42.3 Å². The van der Waals surface area contributed by atoms with Gasteiger partial charge in [-0.2, -0.15) is 10.9 Å². The van der Waals surface area contributed by atoms with E-state index in [-0.39, 0.29) is 36.6 Å². The number of carbonyl (C=O) groups excluding carboxylic acids is 2. The fourth-order valence-corrected chi connectivity index (χ4v) is 0.752. The second kappa shape index (κ2) is 11.7. The van der Waals surface area contributed by atoms with Crippen molar-refractivity contribution in [3.63, 3.8) is 0 Å². The van der Waals surface area contributed by atoms with E-state index in [0.717, 1.165) is 0 Å². The maximum Gasteiger partial charge on any atom is 0.288 e. The van der Waals surface area contributed by atoms with Gasteiger partial charge in [0.25, 0.3) is 11.8 Å². The first-order chi connectivity index (χ1) is 7.91. The molecule has 0 aliphatic carbocycles. The summed E-state index contributed by atoms with van der Waals surface area (Å²) in [6.45, 7) is 6.65. The Bertz CT molecular complexity index is 288. The smallest absolute Gasteiger partial charge is 0.288 e. The summed E-state index contributed by atoms with van der Waals surface area (Å²) in [6.07, 6.45) is 2.51. The second-order valence-corrected chi connectivity index (χ2v) is 5.39. The van der Waals surface area contributed by atoms with Crippen LogP contribution in [0.1, 0.15) is 0 Å². The lowest BCUT2D eigenvalue weighted by molar-refractivity contribution is -0.905. The van der Waals surface area contributed by atoms with Crippen LogP contribution in [-0.4, -0.2) is 63.3 Å². The maximum absolute atomic E-state index is 10.6. The number of quaternary nitrogens is 2. The number of hydrogen-bond donors (Lipinski definition) is 2. The zero-order valence-corrected chi connectivity index (χ0v) is 14.5. The molecular formula is C12H26Cl2N4O2. The Labute approximate surface area is 134 Å². The lowest BCUT2D eigenvalue weighted by atomic mass is 10.6. The Morgan fingerprint density at radius 3 is 1.00 bits per heavy atom. The van der Waals surface area contributed by atoms with E-state index in [1.54, 1.807) is 0 Å². The van der Waals surface area contributed by atoms with Crippen LogP contribution in [0.5, 0.6) is 0 Å². The van der Waals surface area contributed by atoms with Gasteiger partial charge < -0.3 is 24.8 Å². The Morgan fingerprint density at radius 2 is 0.950 bits per heavy atom. The summed E-state index contributed by atoms with van der Waals surface area (Å²) >= 11 is 0. The summed E-state index contributed by atoms with van der Waals surface area (Å²) in [5, 5.41) is 0. The van der Waals surface area contributed by atoms with E-state index in [9.17, 15) is 9.59 Å². The van der Waals surface area contributed by atoms with Gasteiger partial charge in [-0.3, -0.25) is 9.59 Å². The Kier molecular flexibility index (Phi) is 16.0. The van der Waals surface area contributed by atoms with Crippen molar-refractivity contribution < 1.29 is 43.6 Å². The van der Waals surface area contributed by atoms with Crippen LogP contribution in [-0.2, 0) is 9.59 Å². The van der Waals surface area contributed by atoms with Crippen LogP contribution in [0.4, 0.5) is 0 Å². The quantitative estimate of drug-likeness (QED) is 0.306. The van der Waals surface area contributed by atoms with Crippen LogP contribution < -0.4 is 35.7 Å². The fourth-order valence-electron chi connectivity index (χ4n) is 0.752. The summed E-state index contributed by atoms with van der Waals surface area (Å²) in [4.78, 5) is 21.2. The first-order valence-electron chi connectivity index (χ1n) is 5.43. The number of carbonyl (C=O) groups is 2. The van der Waals surface area contributed by atoms with Crippen LogP contribution in [0.3, 0.4) is 0 Å². The number of halogens is 2. The highest BCUT2D eigenvalue weighted by Crippen LogP contribution is 1.81. The molecule has 0 aromatic heterocycles. The highest BCUT2D eigenvalue weighted by molar-refractivity contribution is 5.86. The third kappa shape index (κ3) is 25.7. The van der Waals surface area contributed by atoms with Gasteiger partial charge in [-0.1, -0.05) is 13.2 Å². The van der Waals surface area contributed by atoms with Crippen molar-refractivity contribution in [1.29, 1.82) is 0 Å². The molecule has 0 heterocycles. The van der Waals surface area contributed by atoms with Gasteiger partial charge in [0.15, 0.2) is 0 Å². The normalized spacial score (nSPS) is 9.50. The van der Waals surface area contributed by atoms with Gasteiger partial charge in [-0.25, -0.2) is 9.18 Å². The molecule has 0 fully saturated rings. The molecule has 0 aliphatic heterocycles. The van der Waals surface area contributed by atoms with Crippen LogP contribution >= 0.6 is 0 Å². The van der Waals surface area contributed by atoms with Crippen molar-refractivity contribution in [2.24, 2.45) is 0 Å². The topological polar surface area (TPSA) is 58.2 Å². The van der Waals surface area contributed by atoms with Crippen LogP contribution in [0, 0.1) is 0 Å². The predicted molar refractivity (Wildman–Crippen MR) is 72.7 cm³/mol. The molecule has 0 saturated heterocycles. The van der Waals surface area contributed by atoms with E-state index in [1.807, 2.05) is 42.3 Å². The number of hydrogen-bond acceptors (Lipinski definition) is 2. The van der Waals surface area contributed by atoms with Crippen molar-refractivity contribution in [1.82, 2.24) is 10.9 Å². The molecule has 8 heteroatoms. The van der Waals surface area contributed by atoms with Crippen molar-refractivity contribution >= 4 is 11.8 Å². The molecule has 0 saturated carbocycles. The molecule has 0 rings (SSSR count). The van der Waals surface area contributed by atoms with Crippen LogP contribution in [0.25, 0.3) is 0 Å².